The minimum Gasteiger partial charge on any atom is -0.497 e. The summed E-state index contributed by atoms with van der Waals surface area (Å²) in [4.78, 5) is 12.7. The van der Waals surface area contributed by atoms with E-state index in [2.05, 4.69) is 65.1 Å². The molecule has 1 aromatic carbocycles. The first-order valence-electron chi connectivity index (χ1n) is 15.1. The first kappa shape index (κ1) is 34.2. The standard InChI is InChI=1S/C34H54O5Si/c1-8-9-13-17-30(39-40(6,7)34(2,3)4)25-32(36)33-28(20-23-31(33)35)16-14-11-10-12-15-24-38-26-27-18-21-29(37-5)22-19-27/h9,11,13-14,18-23,28,30,32-33,36H,8,10,12,15-17,24-26H2,1-7H3/b13-9-,14-11-/t28-,30-,32?,33?/m1/s1. The van der Waals surface area contributed by atoms with Crippen molar-refractivity contribution < 1.29 is 23.8 Å². The summed E-state index contributed by atoms with van der Waals surface area (Å²) in [5.41, 5.74) is 1.15. The molecular weight excluding hydrogens is 516 g/mol. The van der Waals surface area contributed by atoms with Crippen molar-refractivity contribution in [1.82, 2.24) is 0 Å². The van der Waals surface area contributed by atoms with Gasteiger partial charge in [0.2, 0.25) is 0 Å². The highest BCUT2D eigenvalue weighted by Crippen LogP contribution is 2.39. The Morgan fingerprint density at radius 3 is 2.42 bits per heavy atom. The summed E-state index contributed by atoms with van der Waals surface area (Å²) < 4.78 is 17.7. The van der Waals surface area contributed by atoms with Gasteiger partial charge < -0.3 is 19.0 Å². The molecule has 0 radical (unpaired) electrons. The summed E-state index contributed by atoms with van der Waals surface area (Å²) >= 11 is 0. The third-order valence-electron chi connectivity index (χ3n) is 8.20. The number of ketones is 1. The lowest BCUT2D eigenvalue weighted by molar-refractivity contribution is -0.122. The average Bonchev–Trinajstić information content (AvgIpc) is 3.27. The summed E-state index contributed by atoms with van der Waals surface area (Å²) in [6, 6.07) is 7.96. The number of unbranched alkanes of at least 4 members (excludes halogenated alkanes) is 2. The fourth-order valence-corrected chi connectivity index (χ4v) is 6.11. The van der Waals surface area contributed by atoms with Gasteiger partial charge in [0.15, 0.2) is 14.1 Å². The van der Waals surface area contributed by atoms with Crippen LogP contribution in [0.25, 0.3) is 0 Å². The van der Waals surface area contributed by atoms with Crippen molar-refractivity contribution in [2.75, 3.05) is 13.7 Å². The molecule has 40 heavy (non-hydrogen) atoms. The topological polar surface area (TPSA) is 65.0 Å². The summed E-state index contributed by atoms with van der Waals surface area (Å²) in [5.74, 6) is 0.534. The number of carbonyl (C=O) groups excluding carboxylic acids is 1. The van der Waals surface area contributed by atoms with Gasteiger partial charge in [0.25, 0.3) is 0 Å². The molecule has 1 aromatic rings. The van der Waals surface area contributed by atoms with Crippen molar-refractivity contribution in [1.29, 1.82) is 0 Å². The molecule has 1 aliphatic carbocycles. The largest absolute Gasteiger partial charge is 0.497 e. The van der Waals surface area contributed by atoms with E-state index in [9.17, 15) is 9.90 Å². The number of carbonyl (C=O) groups is 1. The molecule has 5 nitrogen and oxygen atoms in total. The van der Waals surface area contributed by atoms with E-state index in [4.69, 9.17) is 13.9 Å². The number of allylic oxidation sites excluding steroid dienone is 5. The number of ether oxygens (including phenoxy) is 2. The predicted molar refractivity (Wildman–Crippen MR) is 168 cm³/mol. The van der Waals surface area contributed by atoms with Crippen LogP contribution in [0.2, 0.25) is 18.1 Å². The minimum absolute atomic E-state index is 0.0336. The molecule has 0 saturated carbocycles. The molecule has 2 rings (SSSR count). The predicted octanol–water partition coefficient (Wildman–Crippen LogP) is 8.20. The zero-order valence-electron chi connectivity index (χ0n) is 26.0. The van der Waals surface area contributed by atoms with E-state index in [1.165, 1.54) is 0 Å². The van der Waals surface area contributed by atoms with E-state index >= 15 is 0 Å². The molecule has 1 N–H and O–H groups in total. The van der Waals surface area contributed by atoms with E-state index in [0.29, 0.717) is 13.0 Å². The highest BCUT2D eigenvalue weighted by Gasteiger charge is 2.41. The van der Waals surface area contributed by atoms with Crippen LogP contribution in [0.5, 0.6) is 5.75 Å². The van der Waals surface area contributed by atoms with Crippen LogP contribution < -0.4 is 4.74 Å². The Morgan fingerprint density at radius 2 is 1.77 bits per heavy atom. The number of hydrogen-bond donors (Lipinski definition) is 1. The van der Waals surface area contributed by atoms with Crippen LogP contribution in [0.1, 0.15) is 78.2 Å². The second-order valence-electron chi connectivity index (χ2n) is 12.5. The third kappa shape index (κ3) is 11.5. The van der Waals surface area contributed by atoms with Crippen LogP contribution in [0.3, 0.4) is 0 Å². The van der Waals surface area contributed by atoms with E-state index in [0.717, 1.165) is 56.4 Å². The summed E-state index contributed by atoms with van der Waals surface area (Å²) in [6.07, 6.45) is 17.5. The monoisotopic (exact) mass is 570 g/mol. The molecule has 0 fully saturated rings. The van der Waals surface area contributed by atoms with E-state index in [-0.39, 0.29) is 22.8 Å². The molecule has 0 saturated heterocycles. The van der Waals surface area contributed by atoms with Gasteiger partial charge in [-0.25, -0.2) is 0 Å². The Morgan fingerprint density at radius 1 is 1.05 bits per heavy atom. The SMILES string of the molecule is CC/C=C\C[C@H](CC(O)C1C(=O)C=C[C@H]1C/C=C\CCCCOCc1ccc(OC)cc1)O[Si](C)(C)C(C)(C)C. The molecular formula is C34H54O5Si. The van der Waals surface area contributed by atoms with Crippen molar-refractivity contribution >= 4 is 14.1 Å². The Kier molecular flexibility index (Phi) is 14.6. The first-order chi connectivity index (χ1) is 19.0. The third-order valence-corrected chi connectivity index (χ3v) is 12.7. The maximum Gasteiger partial charge on any atom is 0.192 e. The first-order valence-corrected chi connectivity index (χ1v) is 18.0. The lowest BCUT2D eigenvalue weighted by Crippen LogP contribution is -2.45. The van der Waals surface area contributed by atoms with Gasteiger partial charge in [-0.1, -0.05) is 70.2 Å². The molecule has 0 spiro atoms. The second-order valence-corrected chi connectivity index (χ2v) is 17.2. The number of methoxy groups -OCH3 is 1. The molecule has 1 aliphatic rings. The highest BCUT2D eigenvalue weighted by atomic mass is 28.4. The number of aliphatic hydroxyl groups excluding tert-OH is 1. The van der Waals surface area contributed by atoms with E-state index in [1.807, 2.05) is 30.3 Å². The Labute approximate surface area is 244 Å². The molecule has 0 aliphatic heterocycles. The number of hydrogen-bond acceptors (Lipinski definition) is 5. The fourth-order valence-electron chi connectivity index (χ4n) is 4.73. The summed E-state index contributed by atoms with van der Waals surface area (Å²) in [5, 5.41) is 11.3. The fraction of sp³-hybridized carbons (Fsp3) is 0.618. The van der Waals surface area contributed by atoms with Gasteiger partial charge in [0.1, 0.15) is 5.75 Å². The molecule has 224 valence electrons. The molecule has 0 amide bonds. The van der Waals surface area contributed by atoms with Crippen LogP contribution in [0, 0.1) is 11.8 Å². The zero-order chi connectivity index (χ0) is 29.6. The van der Waals surface area contributed by atoms with Crippen molar-refractivity contribution in [2.45, 2.75) is 110 Å². The Hall–Kier alpha value is -1.99. The van der Waals surface area contributed by atoms with Gasteiger partial charge in [0.05, 0.1) is 31.8 Å². The van der Waals surface area contributed by atoms with Crippen molar-refractivity contribution in [3.8, 4) is 5.75 Å². The van der Waals surface area contributed by atoms with E-state index in [1.54, 1.807) is 13.2 Å². The maximum absolute atomic E-state index is 12.7. The maximum atomic E-state index is 12.7. The zero-order valence-corrected chi connectivity index (χ0v) is 27.0. The number of rotatable bonds is 18. The van der Waals surface area contributed by atoms with Crippen molar-refractivity contribution in [3.05, 3.63) is 66.3 Å². The molecule has 6 heteroatoms. The van der Waals surface area contributed by atoms with Crippen LogP contribution >= 0.6 is 0 Å². The normalized spacial score (nSPS) is 19.6. The summed E-state index contributed by atoms with van der Waals surface area (Å²) in [6.45, 7) is 14.7. The van der Waals surface area contributed by atoms with Gasteiger partial charge in [-0.05, 0) is 92.8 Å². The van der Waals surface area contributed by atoms with Gasteiger partial charge in [-0.15, -0.1) is 0 Å². The lowest BCUT2D eigenvalue weighted by atomic mass is 9.84. The molecule has 2 unspecified atom stereocenters. The lowest BCUT2D eigenvalue weighted by Gasteiger charge is -2.40. The molecule has 0 aromatic heterocycles. The second kappa shape index (κ2) is 17.1. The van der Waals surface area contributed by atoms with Crippen LogP contribution in [0.4, 0.5) is 0 Å². The number of aliphatic hydroxyl groups is 1. The number of benzene rings is 1. The molecule has 0 bridgehead atoms. The van der Waals surface area contributed by atoms with Crippen LogP contribution in [0.15, 0.2) is 60.7 Å². The van der Waals surface area contributed by atoms with Crippen LogP contribution in [-0.2, 0) is 20.6 Å². The van der Waals surface area contributed by atoms with Gasteiger partial charge in [0, 0.05) is 6.61 Å². The van der Waals surface area contributed by atoms with Crippen LogP contribution in [-0.4, -0.2) is 45.1 Å². The van der Waals surface area contributed by atoms with E-state index < -0.39 is 20.3 Å². The van der Waals surface area contributed by atoms with Crippen molar-refractivity contribution in [3.63, 3.8) is 0 Å². The van der Waals surface area contributed by atoms with Gasteiger partial charge in [-0.2, -0.15) is 0 Å². The smallest absolute Gasteiger partial charge is 0.192 e. The molecule has 4 atom stereocenters. The van der Waals surface area contributed by atoms with Crippen molar-refractivity contribution in [2.24, 2.45) is 11.8 Å². The Balaban J connectivity index is 1.79. The highest BCUT2D eigenvalue weighted by molar-refractivity contribution is 6.74. The minimum atomic E-state index is -2.00. The molecule has 0 heterocycles. The summed E-state index contributed by atoms with van der Waals surface area (Å²) in [7, 11) is -0.334. The van der Waals surface area contributed by atoms with Gasteiger partial charge in [-0.3, -0.25) is 4.79 Å². The Bertz CT molecular complexity index is 958. The van der Waals surface area contributed by atoms with Gasteiger partial charge >= 0.3 is 0 Å². The quantitative estimate of drug-likeness (QED) is 0.109. The average molecular weight is 571 g/mol.